The minimum absolute atomic E-state index is 0.474. The maximum Gasteiger partial charge on any atom is 0.0622 e. The van der Waals surface area contributed by atoms with E-state index in [1.807, 2.05) is 18.3 Å². The average molecular weight is 303 g/mol. The fourth-order valence-electron chi connectivity index (χ4n) is 2.75. The standard InChI is InChI=1S/C16H21N3OS/c1-13-16(18-7-6-17-13)5-4-14-12-20-9-8-19(14)11-15-3-2-10-21-15/h2-3,6-7,10,14H,4-5,8-9,11-12H2,1H3/t14-/m0/s1. The monoisotopic (exact) mass is 303 g/mol. The van der Waals surface area contributed by atoms with Gasteiger partial charge in [0.15, 0.2) is 0 Å². The van der Waals surface area contributed by atoms with Gasteiger partial charge in [-0.25, -0.2) is 0 Å². The number of ether oxygens (including phenoxy) is 1. The second-order valence-corrected chi connectivity index (χ2v) is 6.44. The summed E-state index contributed by atoms with van der Waals surface area (Å²) in [6.45, 7) is 5.74. The molecule has 0 aromatic carbocycles. The molecule has 1 atom stereocenters. The van der Waals surface area contributed by atoms with Gasteiger partial charge in [0.2, 0.25) is 0 Å². The number of hydrogen-bond acceptors (Lipinski definition) is 5. The van der Waals surface area contributed by atoms with Gasteiger partial charge in [-0.2, -0.15) is 0 Å². The van der Waals surface area contributed by atoms with Gasteiger partial charge in [0, 0.05) is 36.4 Å². The smallest absolute Gasteiger partial charge is 0.0622 e. The number of thiophene rings is 1. The predicted molar refractivity (Wildman–Crippen MR) is 84.4 cm³/mol. The van der Waals surface area contributed by atoms with Crippen molar-refractivity contribution in [2.24, 2.45) is 0 Å². The molecule has 0 aliphatic carbocycles. The molecule has 0 spiro atoms. The van der Waals surface area contributed by atoms with Crippen LogP contribution in [0.3, 0.4) is 0 Å². The number of morpholine rings is 1. The van der Waals surface area contributed by atoms with E-state index in [1.54, 1.807) is 12.4 Å². The van der Waals surface area contributed by atoms with Gasteiger partial charge < -0.3 is 4.74 Å². The Morgan fingerprint density at radius 2 is 2.29 bits per heavy atom. The second kappa shape index (κ2) is 7.11. The van der Waals surface area contributed by atoms with Gasteiger partial charge in [0.25, 0.3) is 0 Å². The zero-order valence-electron chi connectivity index (χ0n) is 12.4. The Balaban J connectivity index is 1.60. The second-order valence-electron chi connectivity index (χ2n) is 5.41. The summed E-state index contributed by atoms with van der Waals surface area (Å²) in [4.78, 5) is 12.7. The van der Waals surface area contributed by atoms with Crippen LogP contribution in [0.25, 0.3) is 0 Å². The maximum absolute atomic E-state index is 5.68. The van der Waals surface area contributed by atoms with Crippen LogP contribution in [0.1, 0.15) is 22.7 Å². The minimum atomic E-state index is 0.474. The third-order valence-electron chi connectivity index (χ3n) is 3.99. The lowest BCUT2D eigenvalue weighted by Crippen LogP contribution is -2.45. The molecule has 0 bridgehead atoms. The lowest BCUT2D eigenvalue weighted by molar-refractivity contribution is -0.0139. The zero-order chi connectivity index (χ0) is 14.5. The number of aromatic nitrogens is 2. The molecule has 0 saturated carbocycles. The molecule has 1 aliphatic rings. The van der Waals surface area contributed by atoms with Crippen molar-refractivity contribution < 1.29 is 4.74 Å². The Morgan fingerprint density at radius 1 is 1.38 bits per heavy atom. The SMILES string of the molecule is Cc1nccnc1CC[C@H]1COCCN1Cc1cccs1. The van der Waals surface area contributed by atoms with Crippen molar-refractivity contribution in [3.63, 3.8) is 0 Å². The Labute approximate surface area is 129 Å². The number of nitrogens with zero attached hydrogens (tertiary/aromatic N) is 3. The van der Waals surface area contributed by atoms with Gasteiger partial charge in [0.1, 0.15) is 0 Å². The van der Waals surface area contributed by atoms with E-state index < -0.39 is 0 Å². The van der Waals surface area contributed by atoms with Crippen molar-refractivity contribution in [1.82, 2.24) is 14.9 Å². The van der Waals surface area contributed by atoms with E-state index >= 15 is 0 Å². The first kappa shape index (κ1) is 14.6. The normalized spacial score (nSPS) is 19.8. The van der Waals surface area contributed by atoms with Gasteiger partial charge in [-0.15, -0.1) is 11.3 Å². The van der Waals surface area contributed by atoms with Gasteiger partial charge in [-0.3, -0.25) is 14.9 Å². The van der Waals surface area contributed by atoms with Crippen molar-refractivity contribution in [2.45, 2.75) is 32.4 Å². The molecule has 1 saturated heterocycles. The number of hydrogen-bond donors (Lipinski definition) is 0. The third kappa shape index (κ3) is 3.87. The van der Waals surface area contributed by atoms with Crippen LogP contribution in [0, 0.1) is 6.92 Å². The fraction of sp³-hybridized carbons (Fsp3) is 0.500. The Kier molecular flexibility index (Phi) is 4.95. The van der Waals surface area contributed by atoms with Gasteiger partial charge in [-0.05, 0) is 31.2 Å². The molecular weight excluding hydrogens is 282 g/mol. The highest BCUT2D eigenvalue weighted by atomic mass is 32.1. The highest BCUT2D eigenvalue weighted by molar-refractivity contribution is 7.09. The summed E-state index contributed by atoms with van der Waals surface area (Å²) in [5.41, 5.74) is 2.15. The van der Waals surface area contributed by atoms with Crippen LogP contribution in [0.4, 0.5) is 0 Å². The summed E-state index contributed by atoms with van der Waals surface area (Å²) in [7, 11) is 0. The molecule has 112 valence electrons. The lowest BCUT2D eigenvalue weighted by Gasteiger charge is -2.35. The predicted octanol–water partition coefficient (Wildman–Crippen LogP) is 2.68. The first-order chi connectivity index (χ1) is 10.3. The van der Waals surface area contributed by atoms with Crippen LogP contribution in [0.5, 0.6) is 0 Å². The molecule has 0 radical (unpaired) electrons. The van der Waals surface area contributed by atoms with Crippen molar-refractivity contribution in [3.8, 4) is 0 Å². The van der Waals surface area contributed by atoms with E-state index in [2.05, 4.69) is 32.4 Å². The zero-order valence-corrected chi connectivity index (χ0v) is 13.2. The molecule has 4 nitrogen and oxygen atoms in total. The van der Waals surface area contributed by atoms with Crippen LogP contribution in [-0.2, 0) is 17.7 Å². The summed E-state index contributed by atoms with van der Waals surface area (Å²) in [6, 6.07) is 4.81. The summed E-state index contributed by atoms with van der Waals surface area (Å²) in [6.07, 6.45) is 5.58. The van der Waals surface area contributed by atoms with E-state index in [-0.39, 0.29) is 0 Å². The topological polar surface area (TPSA) is 38.3 Å². The molecule has 2 aromatic heterocycles. The van der Waals surface area contributed by atoms with Gasteiger partial charge in [-0.1, -0.05) is 6.07 Å². The van der Waals surface area contributed by atoms with Crippen molar-refractivity contribution in [2.75, 3.05) is 19.8 Å². The maximum atomic E-state index is 5.68. The minimum Gasteiger partial charge on any atom is -0.378 e. The van der Waals surface area contributed by atoms with E-state index in [0.717, 1.165) is 50.5 Å². The molecule has 2 aromatic rings. The first-order valence-corrected chi connectivity index (χ1v) is 8.31. The fourth-order valence-corrected chi connectivity index (χ4v) is 3.48. The van der Waals surface area contributed by atoms with Crippen molar-refractivity contribution >= 4 is 11.3 Å². The quantitative estimate of drug-likeness (QED) is 0.851. The molecule has 3 heterocycles. The molecule has 3 rings (SSSR count). The molecule has 21 heavy (non-hydrogen) atoms. The molecule has 5 heteroatoms. The molecule has 1 fully saturated rings. The Morgan fingerprint density at radius 3 is 3.10 bits per heavy atom. The highest BCUT2D eigenvalue weighted by Gasteiger charge is 2.23. The molecule has 0 N–H and O–H groups in total. The van der Waals surface area contributed by atoms with Crippen LogP contribution in [0.2, 0.25) is 0 Å². The van der Waals surface area contributed by atoms with E-state index in [1.165, 1.54) is 4.88 Å². The van der Waals surface area contributed by atoms with Crippen molar-refractivity contribution in [3.05, 3.63) is 46.2 Å². The highest BCUT2D eigenvalue weighted by Crippen LogP contribution is 2.19. The van der Waals surface area contributed by atoms with E-state index in [4.69, 9.17) is 4.74 Å². The molecule has 0 amide bonds. The summed E-state index contributed by atoms with van der Waals surface area (Å²) < 4.78 is 5.68. The summed E-state index contributed by atoms with van der Waals surface area (Å²) in [5.74, 6) is 0. The molecular formula is C16H21N3OS. The third-order valence-corrected chi connectivity index (χ3v) is 4.85. The Bertz CT molecular complexity index is 558. The molecule has 1 aliphatic heterocycles. The summed E-state index contributed by atoms with van der Waals surface area (Å²) in [5, 5.41) is 2.15. The Hall–Kier alpha value is -1.30. The average Bonchev–Trinajstić information content (AvgIpc) is 3.01. The van der Waals surface area contributed by atoms with Crippen LogP contribution < -0.4 is 0 Å². The largest absolute Gasteiger partial charge is 0.378 e. The summed E-state index contributed by atoms with van der Waals surface area (Å²) >= 11 is 1.83. The first-order valence-electron chi connectivity index (χ1n) is 7.43. The van der Waals surface area contributed by atoms with Gasteiger partial charge in [0.05, 0.1) is 24.6 Å². The van der Waals surface area contributed by atoms with Crippen LogP contribution in [0.15, 0.2) is 29.9 Å². The van der Waals surface area contributed by atoms with E-state index in [9.17, 15) is 0 Å². The molecule has 0 unspecified atom stereocenters. The number of rotatable bonds is 5. The number of aryl methyl sites for hydroxylation is 2. The van der Waals surface area contributed by atoms with E-state index in [0.29, 0.717) is 6.04 Å². The van der Waals surface area contributed by atoms with Crippen molar-refractivity contribution in [1.29, 1.82) is 0 Å². The lowest BCUT2D eigenvalue weighted by atomic mass is 10.1. The van der Waals surface area contributed by atoms with Gasteiger partial charge >= 0.3 is 0 Å². The van der Waals surface area contributed by atoms with Crippen LogP contribution >= 0.6 is 11.3 Å². The van der Waals surface area contributed by atoms with Crippen LogP contribution in [-0.4, -0.2) is 40.7 Å².